The van der Waals surface area contributed by atoms with Gasteiger partial charge in [-0.15, -0.1) is 0 Å². The number of halogens is 3. The lowest BCUT2D eigenvalue weighted by Gasteiger charge is -2.33. The zero-order valence-corrected chi connectivity index (χ0v) is 24.6. The standard InChI is InChI=1S/C35H33F3N2O4/c1-34(2,3)44-33(42)40-19-26-16-28(40)18-30(26)21-4-6-22(7-5-21)31-17-25(32(41)39-43)15-24-14-23(10-13-29(24)31)20-8-11-27(12-9-20)35(36,37)38/h4-15,17,26,28,30,43H,16,18-19H2,1-3H3,(H,39,41)/t26-,28-,30-/m1/s1. The molecule has 2 bridgehead atoms. The summed E-state index contributed by atoms with van der Waals surface area (Å²) in [5.41, 5.74) is 4.87. The predicted octanol–water partition coefficient (Wildman–Crippen LogP) is 8.42. The van der Waals surface area contributed by atoms with Gasteiger partial charge in [0, 0.05) is 18.2 Å². The van der Waals surface area contributed by atoms with E-state index < -0.39 is 23.2 Å². The van der Waals surface area contributed by atoms with Gasteiger partial charge >= 0.3 is 12.3 Å². The number of carbonyl (C=O) groups excluding carboxylic acids is 2. The van der Waals surface area contributed by atoms with Crippen LogP contribution in [0.4, 0.5) is 18.0 Å². The lowest BCUT2D eigenvalue weighted by molar-refractivity contribution is -0.137. The monoisotopic (exact) mass is 602 g/mol. The summed E-state index contributed by atoms with van der Waals surface area (Å²) in [7, 11) is 0. The first kappa shape index (κ1) is 29.7. The maximum Gasteiger partial charge on any atom is 0.416 e. The summed E-state index contributed by atoms with van der Waals surface area (Å²) < 4.78 is 44.8. The first-order valence-corrected chi connectivity index (χ1v) is 14.6. The normalized spacial score (nSPS) is 19.8. The second kappa shape index (κ2) is 11.0. The van der Waals surface area contributed by atoms with E-state index in [0.717, 1.165) is 41.5 Å². The largest absolute Gasteiger partial charge is 0.444 e. The molecule has 2 aliphatic rings. The zero-order valence-electron chi connectivity index (χ0n) is 24.6. The van der Waals surface area contributed by atoms with E-state index in [-0.39, 0.29) is 17.7 Å². The molecule has 0 unspecified atom stereocenters. The molecule has 44 heavy (non-hydrogen) atoms. The molecule has 228 valence electrons. The number of hydrogen-bond donors (Lipinski definition) is 2. The SMILES string of the molecule is CC(C)(C)OC(=O)N1C[C@H]2C[C@@H]1C[C@@H]2c1ccc(-c2cc(C(=O)NO)cc3cc(-c4ccc(C(F)(F)F)cc4)ccc23)cc1. The van der Waals surface area contributed by atoms with Crippen LogP contribution in [0.1, 0.15) is 61.0 Å². The number of fused-ring (bicyclic) bond motifs is 3. The van der Waals surface area contributed by atoms with Crippen molar-refractivity contribution in [2.24, 2.45) is 5.92 Å². The third-order valence-electron chi connectivity index (χ3n) is 8.68. The molecule has 2 amide bonds. The number of nitrogens with one attached hydrogen (secondary N) is 1. The van der Waals surface area contributed by atoms with Crippen LogP contribution in [-0.4, -0.2) is 40.3 Å². The predicted molar refractivity (Wildman–Crippen MR) is 161 cm³/mol. The fraction of sp³-hybridized carbons (Fsp3) is 0.314. The Bertz CT molecular complexity index is 1730. The molecule has 3 atom stereocenters. The number of hydroxylamine groups is 1. The van der Waals surface area contributed by atoms with Gasteiger partial charge < -0.3 is 9.64 Å². The van der Waals surface area contributed by atoms with E-state index in [1.807, 2.05) is 56.0 Å². The van der Waals surface area contributed by atoms with E-state index >= 15 is 0 Å². The molecule has 0 radical (unpaired) electrons. The molecule has 9 heteroatoms. The van der Waals surface area contributed by atoms with Gasteiger partial charge in [0.25, 0.3) is 5.91 Å². The van der Waals surface area contributed by atoms with Crippen molar-refractivity contribution >= 4 is 22.8 Å². The van der Waals surface area contributed by atoms with Crippen molar-refractivity contribution in [2.45, 2.75) is 57.3 Å². The highest BCUT2D eigenvalue weighted by atomic mass is 19.4. The van der Waals surface area contributed by atoms with Crippen LogP contribution in [0.3, 0.4) is 0 Å². The van der Waals surface area contributed by atoms with E-state index in [1.165, 1.54) is 17.7 Å². The van der Waals surface area contributed by atoms with Crippen LogP contribution in [0, 0.1) is 5.92 Å². The molecule has 4 aromatic carbocycles. The van der Waals surface area contributed by atoms with Crippen molar-refractivity contribution in [1.29, 1.82) is 0 Å². The Kier molecular flexibility index (Phi) is 7.40. The number of piperidine rings is 1. The van der Waals surface area contributed by atoms with Gasteiger partial charge in [0.1, 0.15) is 5.60 Å². The molecular weight excluding hydrogens is 569 g/mol. The van der Waals surface area contributed by atoms with Crippen LogP contribution < -0.4 is 5.48 Å². The van der Waals surface area contributed by atoms with E-state index in [0.29, 0.717) is 34.9 Å². The summed E-state index contributed by atoms with van der Waals surface area (Å²) in [4.78, 5) is 27.0. The quantitative estimate of drug-likeness (QED) is 0.182. The summed E-state index contributed by atoms with van der Waals surface area (Å²) >= 11 is 0. The van der Waals surface area contributed by atoms with E-state index in [2.05, 4.69) is 12.1 Å². The number of benzene rings is 4. The molecule has 2 N–H and O–H groups in total. The Balaban J connectivity index is 1.28. The zero-order chi connectivity index (χ0) is 31.4. The summed E-state index contributed by atoms with van der Waals surface area (Å²) in [5.74, 6) is 0.0305. The first-order chi connectivity index (χ1) is 20.8. The third-order valence-corrected chi connectivity index (χ3v) is 8.68. The van der Waals surface area contributed by atoms with Gasteiger partial charge in [-0.3, -0.25) is 10.0 Å². The van der Waals surface area contributed by atoms with Gasteiger partial charge in [-0.25, -0.2) is 10.3 Å². The number of ether oxygens (including phenoxy) is 1. The highest BCUT2D eigenvalue weighted by Gasteiger charge is 2.48. The highest BCUT2D eigenvalue weighted by molar-refractivity contribution is 6.05. The van der Waals surface area contributed by atoms with Gasteiger partial charge in [-0.1, -0.05) is 48.5 Å². The molecule has 1 aliphatic heterocycles. The van der Waals surface area contributed by atoms with Crippen molar-refractivity contribution in [3.8, 4) is 22.3 Å². The van der Waals surface area contributed by atoms with Crippen molar-refractivity contribution in [3.05, 3.63) is 95.6 Å². The number of hydrogen-bond acceptors (Lipinski definition) is 4. The average molecular weight is 603 g/mol. The lowest BCUT2D eigenvalue weighted by Crippen LogP contribution is -2.42. The third kappa shape index (κ3) is 5.76. The Labute approximate surface area is 253 Å². The molecule has 1 aliphatic carbocycles. The Morgan fingerprint density at radius 2 is 1.52 bits per heavy atom. The molecular formula is C35H33F3N2O4. The van der Waals surface area contributed by atoms with Crippen LogP contribution in [0.5, 0.6) is 0 Å². The molecule has 4 aromatic rings. The molecule has 2 fully saturated rings. The number of rotatable bonds is 4. The van der Waals surface area contributed by atoms with Crippen molar-refractivity contribution in [2.75, 3.05) is 6.54 Å². The fourth-order valence-corrected chi connectivity index (χ4v) is 6.65. The smallest absolute Gasteiger partial charge is 0.416 e. The van der Waals surface area contributed by atoms with Gasteiger partial charge in [0.15, 0.2) is 0 Å². The van der Waals surface area contributed by atoms with E-state index in [9.17, 15) is 28.0 Å². The second-order valence-corrected chi connectivity index (χ2v) is 12.7. The van der Waals surface area contributed by atoms with Gasteiger partial charge in [-0.05, 0) is 114 Å². The van der Waals surface area contributed by atoms with Gasteiger partial charge in [-0.2, -0.15) is 13.2 Å². The van der Waals surface area contributed by atoms with E-state index in [4.69, 9.17) is 4.74 Å². The first-order valence-electron chi connectivity index (χ1n) is 14.6. The molecule has 1 saturated carbocycles. The minimum absolute atomic E-state index is 0.163. The number of amides is 2. The molecule has 6 rings (SSSR count). The van der Waals surface area contributed by atoms with Gasteiger partial charge in [0.05, 0.1) is 5.56 Å². The van der Waals surface area contributed by atoms with Crippen LogP contribution in [0.25, 0.3) is 33.0 Å². The minimum atomic E-state index is -4.42. The maximum atomic E-state index is 13.1. The summed E-state index contributed by atoms with van der Waals surface area (Å²) in [5, 5.41) is 10.9. The van der Waals surface area contributed by atoms with Crippen molar-refractivity contribution < 1.29 is 32.7 Å². The molecule has 0 aromatic heterocycles. The lowest BCUT2D eigenvalue weighted by atomic mass is 9.86. The topological polar surface area (TPSA) is 78.9 Å². The number of alkyl halides is 3. The Hall–Kier alpha value is -4.37. The fourth-order valence-electron chi connectivity index (χ4n) is 6.65. The van der Waals surface area contributed by atoms with Crippen LogP contribution >= 0.6 is 0 Å². The maximum absolute atomic E-state index is 13.1. The molecule has 0 spiro atoms. The van der Waals surface area contributed by atoms with Gasteiger partial charge in [0.2, 0.25) is 0 Å². The summed E-state index contributed by atoms with van der Waals surface area (Å²) in [6.45, 7) is 6.29. The summed E-state index contributed by atoms with van der Waals surface area (Å²) in [6.07, 6.45) is -2.84. The Morgan fingerprint density at radius 1 is 0.864 bits per heavy atom. The van der Waals surface area contributed by atoms with Crippen LogP contribution in [-0.2, 0) is 10.9 Å². The van der Waals surface area contributed by atoms with E-state index in [1.54, 1.807) is 17.6 Å². The van der Waals surface area contributed by atoms with Crippen LogP contribution in [0.2, 0.25) is 0 Å². The summed E-state index contributed by atoms with van der Waals surface area (Å²) in [6, 6.07) is 22.3. The highest BCUT2D eigenvalue weighted by Crippen LogP contribution is 2.48. The molecule has 1 saturated heterocycles. The Morgan fingerprint density at radius 3 is 2.11 bits per heavy atom. The van der Waals surface area contributed by atoms with Crippen LogP contribution in [0.15, 0.2) is 78.9 Å². The molecule has 1 heterocycles. The number of likely N-dealkylation sites (tertiary alicyclic amines) is 1. The second-order valence-electron chi connectivity index (χ2n) is 12.7. The average Bonchev–Trinajstić information content (AvgIpc) is 3.60. The number of carbonyl (C=O) groups is 2. The minimum Gasteiger partial charge on any atom is -0.444 e. The number of nitrogens with zero attached hydrogens (tertiary/aromatic N) is 1. The van der Waals surface area contributed by atoms with Crippen molar-refractivity contribution in [1.82, 2.24) is 10.4 Å². The van der Waals surface area contributed by atoms with Crippen molar-refractivity contribution in [3.63, 3.8) is 0 Å². The molecule has 6 nitrogen and oxygen atoms in total.